The summed E-state index contributed by atoms with van der Waals surface area (Å²) in [5.41, 5.74) is 11.3. The highest BCUT2D eigenvalue weighted by Gasteiger charge is 2.18. The van der Waals surface area contributed by atoms with Crippen molar-refractivity contribution in [3.8, 4) is 22.5 Å². The Hall–Kier alpha value is -6.95. The number of anilines is 4. The number of hydrogen-bond donors (Lipinski definition) is 4. The Morgan fingerprint density at radius 2 is 1.04 bits per heavy atom. The number of nitrogens with two attached hydrogens (primary N) is 1. The molecule has 12 nitrogen and oxygen atoms in total. The molecule has 2 aromatic carbocycles. The number of nitrogen functional groups attached to an aromatic ring is 1. The Morgan fingerprint density at radius 1 is 0.569 bits per heavy atom. The largest absolute Gasteiger partial charge is 0.444 e. The molecule has 6 rings (SSSR count). The summed E-state index contributed by atoms with van der Waals surface area (Å²) in [6, 6.07) is 28.5. The van der Waals surface area contributed by atoms with Crippen LogP contribution in [0.3, 0.4) is 0 Å². The number of hydrogen-bond acceptors (Lipinski definition) is 9. The number of nitrogens with one attached hydrogen (secondary N) is 3. The molecular formula is C39H36N8O4. The Balaban J connectivity index is 0.000000205. The predicted octanol–water partition coefficient (Wildman–Crippen LogP) is 7.72. The van der Waals surface area contributed by atoms with Gasteiger partial charge in [0.05, 0.1) is 45.3 Å². The van der Waals surface area contributed by atoms with Crippen LogP contribution in [0.5, 0.6) is 0 Å². The van der Waals surface area contributed by atoms with E-state index in [-0.39, 0.29) is 11.8 Å². The maximum atomic E-state index is 12.6. The first-order chi connectivity index (χ1) is 24.6. The summed E-state index contributed by atoms with van der Waals surface area (Å²) in [5.74, 6) is -0.586. The number of benzene rings is 2. The summed E-state index contributed by atoms with van der Waals surface area (Å²) >= 11 is 0. The van der Waals surface area contributed by atoms with E-state index in [2.05, 4.69) is 35.9 Å². The first kappa shape index (κ1) is 35.4. The smallest absolute Gasteiger partial charge is 0.412 e. The fourth-order valence-corrected chi connectivity index (χ4v) is 4.54. The lowest BCUT2D eigenvalue weighted by molar-refractivity contribution is 0.0635. The van der Waals surface area contributed by atoms with Gasteiger partial charge in [0.15, 0.2) is 0 Å². The van der Waals surface area contributed by atoms with Crippen molar-refractivity contribution in [3.05, 3.63) is 145 Å². The maximum absolute atomic E-state index is 12.6. The van der Waals surface area contributed by atoms with E-state index < -0.39 is 11.7 Å². The third kappa shape index (κ3) is 10.3. The van der Waals surface area contributed by atoms with Crippen molar-refractivity contribution in [2.24, 2.45) is 0 Å². The van der Waals surface area contributed by atoms with Gasteiger partial charge in [0, 0.05) is 48.3 Å². The van der Waals surface area contributed by atoms with Gasteiger partial charge in [-0.25, -0.2) is 4.79 Å². The quantitative estimate of drug-likeness (QED) is 0.123. The minimum atomic E-state index is -0.621. The van der Waals surface area contributed by atoms with E-state index in [9.17, 15) is 14.4 Å². The third-order valence-corrected chi connectivity index (χ3v) is 6.99. The number of carbonyl (C=O) groups is 3. The van der Waals surface area contributed by atoms with E-state index >= 15 is 0 Å². The molecule has 0 saturated heterocycles. The zero-order valence-electron chi connectivity index (χ0n) is 28.2. The van der Waals surface area contributed by atoms with Crippen LogP contribution in [0.25, 0.3) is 22.5 Å². The number of nitrogens with zero attached hydrogens (tertiary/aromatic N) is 4. The van der Waals surface area contributed by atoms with Gasteiger partial charge in [-0.3, -0.25) is 34.8 Å². The normalized spacial score (nSPS) is 10.6. The number of rotatable bonds is 7. The van der Waals surface area contributed by atoms with Gasteiger partial charge in [-0.15, -0.1) is 0 Å². The molecule has 0 radical (unpaired) electrons. The van der Waals surface area contributed by atoms with E-state index in [0.29, 0.717) is 33.9 Å². The number of carbonyl (C=O) groups excluding carboxylic acids is 3. The van der Waals surface area contributed by atoms with Crippen molar-refractivity contribution >= 4 is 40.7 Å². The fourth-order valence-electron chi connectivity index (χ4n) is 4.54. The molecule has 4 aromatic heterocycles. The van der Waals surface area contributed by atoms with Crippen LogP contribution >= 0.6 is 0 Å². The van der Waals surface area contributed by atoms with Crippen LogP contribution in [0.1, 0.15) is 41.5 Å². The van der Waals surface area contributed by atoms with Crippen LogP contribution in [0, 0.1) is 0 Å². The molecule has 5 N–H and O–H groups in total. The average Bonchev–Trinajstić information content (AvgIpc) is 3.14. The maximum Gasteiger partial charge on any atom is 0.412 e. The summed E-state index contributed by atoms with van der Waals surface area (Å²) < 4.78 is 5.26. The second-order valence-electron chi connectivity index (χ2n) is 12.0. The number of aromatic nitrogens is 4. The van der Waals surface area contributed by atoms with Crippen molar-refractivity contribution in [1.82, 2.24) is 19.9 Å². The van der Waals surface area contributed by atoms with E-state index in [0.717, 1.165) is 22.5 Å². The van der Waals surface area contributed by atoms with E-state index in [1.807, 2.05) is 36.4 Å². The van der Waals surface area contributed by atoms with Crippen LogP contribution < -0.4 is 21.7 Å². The lowest BCUT2D eigenvalue weighted by Gasteiger charge is -2.20. The summed E-state index contributed by atoms with van der Waals surface area (Å²) in [7, 11) is 0. The fraction of sp³-hybridized carbons (Fsp3) is 0.103. The van der Waals surface area contributed by atoms with Gasteiger partial charge >= 0.3 is 6.09 Å². The molecule has 4 heterocycles. The number of pyridine rings is 4. The molecule has 51 heavy (non-hydrogen) atoms. The molecule has 0 aliphatic heterocycles. The first-order valence-corrected chi connectivity index (χ1v) is 15.8. The van der Waals surface area contributed by atoms with E-state index in [4.69, 9.17) is 10.5 Å². The van der Waals surface area contributed by atoms with Gasteiger partial charge < -0.3 is 21.1 Å². The minimum absolute atomic E-state index is 0.247. The molecule has 0 saturated carbocycles. The summed E-state index contributed by atoms with van der Waals surface area (Å²) in [5, 5.41) is 8.22. The highest BCUT2D eigenvalue weighted by atomic mass is 16.6. The zero-order chi connectivity index (χ0) is 36.2. The third-order valence-electron chi connectivity index (χ3n) is 6.99. The number of ether oxygens (including phenoxy) is 1. The molecule has 3 amide bonds. The lowest BCUT2D eigenvalue weighted by atomic mass is 10.1. The molecule has 0 aliphatic carbocycles. The van der Waals surface area contributed by atoms with Crippen LogP contribution in [0.4, 0.5) is 27.5 Å². The lowest BCUT2D eigenvalue weighted by Crippen LogP contribution is -2.27. The molecule has 0 aliphatic rings. The van der Waals surface area contributed by atoms with Gasteiger partial charge in [0.2, 0.25) is 0 Å². The Bertz CT molecular complexity index is 2090. The van der Waals surface area contributed by atoms with Gasteiger partial charge in [0.1, 0.15) is 5.60 Å². The average molecular weight is 681 g/mol. The monoisotopic (exact) mass is 680 g/mol. The molecule has 0 spiro atoms. The number of para-hydroxylation sites is 4. The van der Waals surface area contributed by atoms with Crippen LogP contribution in [0.15, 0.2) is 134 Å². The van der Waals surface area contributed by atoms with Gasteiger partial charge in [-0.1, -0.05) is 24.3 Å². The van der Waals surface area contributed by atoms with Crippen molar-refractivity contribution in [2.75, 3.05) is 21.7 Å². The molecule has 0 unspecified atom stereocenters. The minimum Gasteiger partial charge on any atom is -0.444 e. The van der Waals surface area contributed by atoms with Crippen LogP contribution in [0.2, 0.25) is 0 Å². The first-order valence-electron chi connectivity index (χ1n) is 15.8. The highest BCUT2D eigenvalue weighted by Crippen LogP contribution is 2.24. The van der Waals surface area contributed by atoms with Crippen LogP contribution in [-0.2, 0) is 4.74 Å². The van der Waals surface area contributed by atoms with Crippen molar-refractivity contribution in [1.29, 1.82) is 0 Å². The van der Waals surface area contributed by atoms with E-state index in [1.54, 1.807) is 106 Å². The van der Waals surface area contributed by atoms with E-state index in [1.165, 1.54) is 12.4 Å². The summed E-state index contributed by atoms with van der Waals surface area (Å²) in [6.45, 7) is 5.34. The zero-order valence-corrected chi connectivity index (χ0v) is 28.2. The van der Waals surface area contributed by atoms with Crippen molar-refractivity contribution in [2.45, 2.75) is 26.4 Å². The Morgan fingerprint density at radius 3 is 1.47 bits per heavy atom. The summed E-state index contributed by atoms with van der Waals surface area (Å²) in [4.78, 5) is 53.6. The van der Waals surface area contributed by atoms with Gasteiger partial charge in [-0.2, -0.15) is 0 Å². The van der Waals surface area contributed by atoms with Crippen LogP contribution in [-0.4, -0.2) is 43.4 Å². The second-order valence-corrected chi connectivity index (χ2v) is 12.0. The second kappa shape index (κ2) is 16.4. The summed E-state index contributed by atoms with van der Waals surface area (Å²) in [6.07, 6.45) is 9.27. The molecule has 6 aromatic rings. The van der Waals surface area contributed by atoms with Crippen molar-refractivity contribution in [3.63, 3.8) is 0 Å². The molecule has 0 atom stereocenters. The Kier molecular flexibility index (Phi) is 11.4. The van der Waals surface area contributed by atoms with Crippen molar-refractivity contribution < 1.29 is 19.1 Å². The molecular weight excluding hydrogens is 644 g/mol. The molecule has 0 fully saturated rings. The predicted molar refractivity (Wildman–Crippen MR) is 198 cm³/mol. The Labute approximate surface area is 295 Å². The SMILES string of the molecule is CC(C)(C)OC(=O)Nc1ccccc1NC(=O)c1ccc(-c2cccnc2)nc1.Nc1ccccc1NC(=O)c1ccc(-c2cccnc2)nc1. The standard InChI is InChI=1S/C22H22N4O3.C17H14N4O/c1-22(2,3)29-21(28)26-19-9-5-4-8-18(19)25-20(27)16-10-11-17(24-14-16)15-7-6-12-23-13-15;18-14-5-1-2-6-16(14)21-17(22)13-7-8-15(20-11-13)12-4-3-9-19-10-12/h4-14H,1-3H3,(H,25,27)(H,26,28);1-11H,18H2,(H,21,22). The van der Waals surface area contributed by atoms with Gasteiger partial charge in [-0.05, 0) is 93.6 Å². The molecule has 256 valence electrons. The number of amides is 3. The molecule has 12 heteroatoms. The van der Waals surface area contributed by atoms with Gasteiger partial charge in [0.25, 0.3) is 11.8 Å². The highest BCUT2D eigenvalue weighted by molar-refractivity contribution is 6.07. The topological polar surface area (TPSA) is 174 Å². The molecule has 0 bridgehead atoms.